The number of carbonyl (C=O) groups is 2. The fourth-order valence-corrected chi connectivity index (χ4v) is 4.95. The number of ether oxygens (including phenoxy) is 1. The lowest BCUT2D eigenvalue weighted by atomic mass is 10.0. The molecule has 4 heterocycles. The van der Waals surface area contributed by atoms with E-state index in [4.69, 9.17) is 14.0 Å². The number of carbonyl (C=O) groups excluding carboxylic acids is 2. The quantitative estimate of drug-likeness (QED) is 0.642. The number of anilines is 1. The SMILES string of the molecule is CC(C)(C)OC(=O)NC1CCN(c2nnc([C@@H]3CC[C@@H]4CN3C(=O)N4OCc3ccccc3)o2)CC1. The fourth-order valence-electron chi connectivity index (χ4n) is 4.95. The van der Waals surface area contributed by atoms with Gasteiger partial charge in [-0.25, -0.2) is 9.59 Å². The highest BCUT2D eigenvalue weighted by atomic mass is 16.7. The largest absolute Gasteiger partial charge is 0.444 e. The van der Waals surface area contributed by atoms with Crippen molar-refractivity contribution in [2.75, 3.05) is 24.5 Å². The molecule has 3 fully saturated rings. The number of urea groups is 1. The highest BCUT2D eigenvalue weighted by Gasteiger charge is 2.48. The van der Waals surface area contributed by atoms with Gasteiger partial charge in [0.2, 0.25) is 5.89 Å². The van der Waals surface area contributed by atoms with Crippen LogP contribution in [0, 0.1) is 0 Å². The lowest BCUT2D eigenvalue weighted by Crippen LogP contribution is -2.46. The maximum atomic E-state index is 13.1. The Hall–Kier alpha value is -3.34. The molecule has 0 radical (unpaired) electrons. The molecule has 0 spiro atoms. The Morgan fingerprint density at radius 1 is 1.11 bits per heavy atom. The molecular formula is C25H34N6O5. The van der Waals surface area contributed by atoms with Crippen LogP contribution in [0.2, 0.25) is 0 Å². The summed E-state index contributed by atoms with van der Waals surface area (Å²) in [5, 5.41) is 13.0. The number of piperidine rings is 2. The van der Waals surface area contributed by atoms with Crippen LogP contribution in [0.5, 0.6) is 0 Å². The van der Waals surface area contributed by atoms with Gasteiger partial charge in [0.05, 0.1) is 6.04 Å². The maximum absolute atomic E-state index is 13.1. The Kier molecular flexibility index (Phi) is 6.74. The van der Waals surface area contributed by atoms with E-state index in [-0.39, 0.29) is 24.2 Å². The van der Waals surface area contributed by atoms with Crippen LogP contribution in [0.3, 0.4) is 0 Å². The summed E-state index contributed by atoms with van der Waals surface area (Å²) in [5.74, 6) is 0.454. The monoisotopic (exact) mass is 498 g/mol. The number of hydrogen-bond acceptors (Lipinski definition) is 8. The maximum Gasteiger partial charge on any atom is 0.407 e. The van der Waals surface area contributed by atoms with E-state index < -0.39 is 11.7 Å². The molecule has 2 bridgehead atoms. The van der Waals surface area contributed by atoms with Gasteiger partial charge in [0.1, 0.15) is 18.2 Å². The summed E-state index contributed by atoms with van der Waals surface area (Å²) in [7, 11) is 0. The molecule has 1 aromatic heterocycles. The highest BCUT2D eigenvalue weighted by Crippen LogP contribution is 2.38. The van der Waals surface area contributed by atoms with Crippen LogP contribution >= 0.6 is 0 Å². The van der Waals surface area contributed by atoms with E-state index in [0.29, 0.717) is 38.1 Å². The van der Waals surface area contributed by atoms with Crippen LogP contribution in [-0.2, 0) is 16.2 Å². The van der Waals surface area contributed by atoms with Gasteiger partial charge in [-0.15, -0.1) is 5.10 Å². The zero-order valence-electron chi connectivity index (χ0n) is 21.1. The average Bonchev–Trinajstić information content (AvgIpc) is 3.42. The summed E-state index contributed by atoms with van der Waals surface area (Å²) in [5.41, 5.74) is 0.496. The number of fused-ring (bicyclic) bond motifs is 2. The second kappa shape index (κ2) is 9.96. The molecule has 5 rings (SSSR count). The van der Waals surface area contributed by atoms with Crippen LogP contribution in [0.25, 0.3) is 0 Å². The van der Waals surface area contributed by atoms with Crippen molar-refractivity contribution in [2.24, 2.45) is 0 Å². The van der Waals surface area contributed by atoms with E-state index >= 15 is 0 Å². The van der Waals surface area contributed by atoms with Crippen LogP contribution < -0.4 is 10.2 Å². The molecule has 11 nitrogen and oxygen atoms in total. The van der Waals surface area contributed by atoms with Crippen molar-refractivity contribution >= 4 is 18.1 Å². The Balaban J connectivity index is 1.15. The van der Waals surface area contributed by atoms with Gasteiger partial charge < -0.3 is 24.3 Å². The molecule has 194 valence electrons. The van der Waals surface area contributed by atoms with Crippen LogP contribution in [0.1, 0.15) is 64.0 Å². The molecule has 0 aliphatic carbocycles. The number of aromatic nitrogens is 2. The third kappa shape index (κ3) is 5.40. The minimum Gasteiger partial charge on any atom is -0.444 e. The predicted octanol–water partition coefficient (Wildman–Crippen LogP) is 3.64. The van der Waals surface area contributed by atoms with Crippen LogP contribution in [-0.4, -0.2) is 69.6 Å². The van der Waals surface area contributed by atoms with E-state index in [1.165, 1.54) is 5.06 Å². The molecule has 2 atom stereocenters. The molecule has 1 aromatic carbocycles. The van der Waals surface area contributed by atoms with Gasteiger partial charge in [-0.2, -0.15) is 5.06 Å². The van der Waals surface area contributed by atoms with Gasteiger partial charge in [-0.3, -0.25) is 4.84 Å². The summed E-state index contributed by atoms with van der Waals surface area (Å²) in [4.78, 5) is 34.8. The van der Waals surface area contributed by atoms with E-state index in [0.717, 1.165) is 31.2 Å². The topological polar surface area (TPSA) is 113 Å². The van der Waals surface area contributed by atoms with Gasteiger partial charge in [0.25, 0.3) is 0 Å². The number of nitrogens with zero attached hydrogens (tertiary/aromatic N) is 5. The standard InChI is InChI=1S/C25H34N6O5/c1-25(2,3)36-23(32)26-18-11-13-29(14-12-18)22-28-27-21(35-22)20-10-9-19-15-30(20)24(33)31(19)34-16-17-7-5-4-6-8-17/h4-8,18-20H,9-16H2,1-3H3,(H,26,32)/t19-,20+/m1/s1. The predicted molar refractivity (Wildman–Crippen MR) is 130 cm³/mol. The third-order valence-electron chi connectivity index (χ3n) is 6.74. The van der Waals surface area contributed by atoms with Crippen molar-refractivity contribution in [1.82, 2.24) is 25.5 Å². The number of benzene rings is 1. The minimum absolute atomic E-state index is 0.0244. The first-order valence-electron chi connectivity index (χ1n) is 12.6. The molecular weight excluding hydrogens is 464 g/mol. The third-order valence-corrected chi connectivity index (χ3v) is 6.74. The molecule has 3 amide bonds. The Bertz CT molecular complexity index is 1060. The highest BCUT2D eigenvalue weighted by molar-refractivity contribution is 5.77. The average molecular weight is 499 g/mol. The normalized spacial score (nSPS) is 22.8. The summed E-state index contributed by atoms with van der Waals surface area (Å²) in [6, 6.07) is 9.92. The van der Waals surface area contributed by atoms with E-state index in [2.05, 4.69) is 15.5 Å². The van der Waals surface area contributed by atoms with Gasteiger partial charge in [0.15, 0.2) is 0 Å². The van der Waals surface area contributed by atoms with Gasteiger partial charge >= 0.3 is 18.1 Å². The first-order chi connectivity index (χ1) is 17.3. The molecule has 11 heteroatoms. The van der Waals surface area contributed by atoms with Crippen molar-refractivity contribution in [3.63, 3.8) is 0 Å². The van der Waals surface area contributed by atoms with Crippen molar-refractivity contribution in [1.29, 1.82) is 0 Å². The number of hydroxylamine groups is 2. The van der Waals surface area contributed by atoms with Gasteiger partial charge in [-0.1, -0.05) is 35.4 Å². The molecule has 3 aliphatic rings. The molecule has 0 unspecified atom stereocenters. The fraction of sp³-hybridized carbons (Fsp3) is 0.600. The zero-order chi connectivity index (χ0) is 25.3. The molecule has 3 aliphatic heterocycles. The Labute approximate surface area is 210 Å². The summed E-state index contributed by atoms with van der Waals surface area (Å²) in [6.07, 6.45) is 2.65. The number of nitrogens with one attached hydrogen (secondary N) is 1. The number of hydrogen-bond donors (Lipinski definition) is 1. The number of alkyl carbamates (subject to hydrolysis) is 1. The zero-order valence-corrected chi connectivity index (χ0v) is 21.1. The van der Waals surface area contributed by atoms with Gasteiger partial charge in [-0.05, 0) is 52.0 Å². The second-order valence-electron chi connectivity index (χ2n) is 10.6. The van der Waals surface area contributed by atoms with E-state index in [1.807, 2.05) is 56.0 Å². The molecule has 3 saturated heterocycles. The lowest BCUT2D eigenvalue weighted by molar-refractivity contribution is -0.140. The second-order valence-corrected chi connectivity index (χ2v) is 10.6. The van der Waals surface area contributed by atoms with E-state index in [9.17, 15) is 9.59 Å². The van der Waals surface area contributed by atoms with Crippen molar-refractivity contribution in [3.8, 4) is 0 Å². The number of rotatable bonds is 6. The van der Waals surface area contributed by atoms with Crippen molar-refractivity contribution < 1.29 is 23.6 Å². The first-order valence-corrected chi connectivity index (χ1v) is 12.6. The van der Waals surface area contributed by atoms with Crippen LogP contribution in [0.4, 0.5) is 15.6 Å². The van der Waals surface area contributed by atoms with Crippen molar-refractivity contribution in [3.05, 3.63) is 41.8 Å². The van der Waals surface area contributed by atoms with Crippen LogP contribution in [0.15, 0.2) is 34.7 Å². The minimum atomic E-state index is -0.522. The van der Waals surface area contributed by atoms with Gasteiger partial charge in [0, 0.05) is 25.7 Å². The summed E-state index contributed by atoms with van der Waals surface area (Å²) < 4.78 is 11.4. The molecule has 2 aromatic rings. The summed E-state index contributed by atoms with van der Waals surface area (Å²) in [6.45, 7) is 7.83. The Morgan fingerprint density at radius 3 is 2.58 bits per heavy atom. The number of amides is 3. The first kappa shape index (κ1) is 24.4. The molecule has 36 heavy (non-hydrogen) atoms. The van der Waals surface area contributed by atoms with E-state index in [1.54, 1.807) is 4.90 Å². The Morgan fingerprint density at radius 2 is 1.86 bits per heavy atom. The lowest BCUT2D eigenvalue weighted by Gasteiger charge is -2.31. The smallest absolute Gasteiger partial charge is 0.407 e. The van der Waals surface area contributed by atoms with Crippen molar-refractivity contribution in [2.45, 2.75) is 76.8 Å². The summed E-state index contributed by atoms with van der Waals surface area (Å²) >= 11 is 0. The molecule has 0 saturated carbocycles. The molecule has 1 N–H and O–H groups in total.